The van der Waals surface area contributed by atoms with Gasteiger partial charge in [-0.3, -0.25) is 4.79 Å². The molecule has 1 aliphatic heterocycles. The van der Waals surface area contributed by atoms with E-state index < -0.39 is 5.82 Å². The van der Waals surface area contributed by atoms with Gasteiger partial charge in [0.05, 0.1) is 23.2 Å². The van der Waals surface area contributed by atoms with Crippen LogP contribution in [0, 0.1) is 10.6 Å². The van der Waals surface area contributed by atoms with Gasteiger partial charge in [0.2, 0.25) is 0 Å². The monoisotopic (exact) mass is 352 g/mol. The fourth-order valence-corrected chi connectivity index (χ4v) is 2.97. The number of amides is 2. The van der Waals surface area contributed by atoms with Crippen LogP contribution in [0.25, 0.3) is 11.0 Å². The van der Waals surface area contributed by atoms with Gasteiger partial charge in [0, 0.05) is 26.2 Å². The van der Waals surface area contributed by atoms with Gasteiger partial charge >= 0.3 is 6.09 Å². The number of hydrogen-bond donors (Lipinski definition) is 2. The first-order chi connectivity index (χ1) is 11.5. The molecule has 0 unspecified atom stereocenters. The number of rotatable bonds is 2. The summed E-state index contributed by atoms with van der Waals surface area (Å²) in [5.74, 6) is -0.811. The van der Waals surface area contributed by atoms with Gasteiger partial charge in [-0.1, -0.05) is 0 Å². The molecule has 1 aromatic heterocycles. The van der Waals surface area contributed by atoms with Crippen LogP contribution in [0.2, 0.25) is 0 Å². The number of ether oxygens (including phenoxy) is 1. The molecule has 3 rings (SSSR count). The van der Waals surface area contributed by atoms with Crippen molar-refractivity contribution in [1.29, 1.82) is 0 Å². The van der Waals surface area contributed by atoms with Gasteiger partial charge < -0.3 is 24.5 Å². The van der Waals surface area contributed by atoms with E-state index >= 15 is 0 Å². The molecule has 7 nitrogen and oxygen atoms in total. The van der Waals surface area contributed by atoms with E-state index in [0.717, 1.165) is 0 Å². The van der Waals surface area contributed by atoms with E-state index in [4.69, 9.17) is 17.0 Å². The Labute approximate surface area is 142 Å². The lowest BCUT2D eigenvalue weighted by Crippen LogP contribution is -2.50. The number of benzene rings is 1. The molecule has 0 bridgehead atoms. The van der Waals surface area contributed by atoms with E-state index in [1.807, 2.05) is 0 Å². The third-order valence-electron chi connectivity index (χ3n) is 3.91. The van der Waals surface area contributed by atoms with Crippen LogP contribution in [0.3, 0.4) is 0 Å². The molecule has 1 aliphatic rings. The van der Waals surface area contributed by atoms with Crippen molar-refractivity contribution >= 4 is 35.3 Å². The zero-order valence-electron chi connectivity index (χ0n) is 13.1. The Morgan fingerprint density at radius 1 is 1.21 bits per heavy atom. The molecule has 0 saturated carbocycles. The van der Waals surface area contributed by atoms with E-state index in [1.165, 1.54) is 12.1 Å². The van der Waals surface area contributed by atoms with Crippen LogP contribution < -0.4 is 0 Å². The maximum absolute atomic E-state index is 13.8. The normalized spacial score (nSPS) is 14.9. The first kappa shape index (κ1) is 16.4. The average Bonchev–Trinajstić information content (AvgIpc) is 2.93. The molecule has 1 aromatic carbocycles. The number of hydrogen-bond acceptors (Lipinski definition) is 4. The summed E-state index contributed by atoms with van der Waals surface area (Å²) in [6, 6.07) is 2.48. The first-order valence-corrected chi connectivity index (χ1v) is 8.03. The topological polar surface area (TPSA) is 81.4 Å². The van der Waals surface area contributed by atoms with Gasteiger partial charge in [-0.15, -0.1) is 0 Å². The molecule has 0 atom stereocenters. The highest BCUT2D eigenvalue weighted by Gasteiger charge is 2.27. The number of nitrogens with zero attached hydrogens (tertiary/aromatic N) is 2. The number of carbonyl (C=O) groups is 2. The van der Waals surface area contributed by atoms with Crippen molar-refractivity contribution in [2.45, 2.75) is 6.92 Å². The average molecular weight is 352 g/mol. The van der Waals surface area contributed by atoms with Crippen LogP contribution in [0.4, 0.5) is 9.18 Å². The van der Waals surface area contributed by atoms with E-state index in [0.29, 0.717) is 48.6 Å². The van der Waals surface area contributed by atoms with Gasteiger partial charge in [-0.05, 0) is 31.3 Å². The Bertz CT molecular complexity index is 839. The molecule has 1 saturated heterocycles. The van der Waals surface area contributed by atoms with Crippen LogP contribution in [-0.2, 0) is 4.74 Å². The van der Waals surface area contributed by atoms with Crippen LogP contribution >= 0.6 is 12.2 Å². The second-order valence-electron chi connectivity index (χ2n) is 5.43. The maximum Gasteiger partial charge on any atom is 0.409 e. The van der Waals surface area contributed by atoms with E-state index in [1.54, 1.807) is 16.7 Å². The van der Waals surface area contributed by atoms with Crippen LogP contribution in [0.5, 0.6) is 0 Å². The number of aromatic amines is 2. The van der Waals surface area contributed by atoms with Crippen molar-refractivity contribution in [2.75, 3.05) is 32.8 Å². The van der Waals surface area contributed by atoms with Crippen molar-refractivity contribution in [2.24, 2.45) is 0 Å². The fraction of sp³-hybridized carbons (Fsp3) is 0.400. The van der Waals surface area contributed by atoms with Crippen molar-refractivity contribution in [3.63, 3.8) is 0 Å². The second-order valence-corrected chi connectivity index (χ2v) is 5.84. The van der Waals surface area contributed by atoms with Gasteiger partial charge in [-0.2, -0.15) is 0 Å². The summed E-state index contributed by atoms with van der Waals surface area (Å²) in [4.78, 5) is 33.3. The summed E-state index contributed by atoms with van der Waals surface area (Å²) >= 11 is 5.01. The lowest BCUT2D eigenvalue weighted by atomic mass is 10.1. The van der Waals surface area contributed by atoms with Crippen molar-refractivity contribution in [3.05, 3.63) is 28.3 Å². The van der Waals surface area contributed by atoms with Crippen molar-refractivity contribution < 1.29 is 18.7 Å². The highest BCUT2D eigenvalue weighted by molar-refractivity contribution is 7.71. The summed E-state index contributed by atoms with van der Waals surface area (Å²) in [5.41, 5.74) is 1.16. The fourth-order valence-electron chi connectivity index (χ4n) is 2.75. The molecular formula is C15H17FN4O3S. The van der Waals surface area contributed by atoms with Gasteiger partial charge in [0.15, 0.2) is 4.77 Å². The first-order valence-electron chi connectivity index (χ1n) is 7.62. The summed E-state index contributed by atoms with van der Waals surface area (Å²) in [6.07, 6.45) is -0.382. The minimum Gasteiger partial charge on any atom is -0.450 e. The molecule has 0 spiro atoms. The Balaban J connectivity index is 1.79. The number of piperazine rings is 1. The number of carbonyl (C=O) groups excluding carboxylic acids is 2. The predicted molar refractivity (Wildman–Crippen MR) is 87.9 cm³/mol. The Morgan fingerprint density at radius 3 is 2.54 bits per heavy atom. The highest BCUT2D eigenvalue weighted by atomic mass is 32.1. The molecule has 128 valence electrons. The zero-order chi connectivity index (χ0) is 17.3. The Morgan fingerprint density at radius 2 is 1.88 bits per heavy atom. The van der Waals surface area contributed by atoms with Crippen LogP contribution in [0.15, 0.2) is 12.1 Å². The minimum atomic E-state index is -0.513. The summed E-state index contributed by atoms with van der Waals surface area (Å²) in [5, 5.41) is 0. The van der Waals surface area contributed by atoms with E-state index in [2.05, 4.69) is 9.97 Å². The van der Waals surface area contributed by atoms with Gasteiger partial charge in [-0.25, -0.2) is 9.18 Å². The zero-order valence-corrected chi connectivity index (χ0v) is 13.9. The predicted octanol–water partition coefficient (Wildman–Crippen LogP) is 2.28. The molecule has 24 heavy (non-hydrogen) atoms. The summed E-state index contributed by atoms with van der Waals surface area (Å²) < 4.78 is 19.1. The van der Waals surface area contributed by atoms with Gasteiger partial charge in [0.1, 0.15) is 5.82 Å². The third-order valence-corrected chi connectivity index (χ3v) is 4.12. The third kappa shape index (κ3) is 3.12. The van der Waals surface area contributed by atoms with E-state index in [9.17, 15) is 14.0 Å². The quantitative estimate of drug-likeness (QED) is 0.813. The summed E-state index contributed by atoms with van der Waals surface area (Å²) in [7, 11) is 0. The molecule has 2 heterocycles. The molecular weight excluding hydrogens is 335 g/mol. The maximum atomic E-state index is 13.8. The lowest BCUT2D eigenvalue weighted by molar-refractivity contribution is 0.0571. The molecule has 0 radical (unpaired) electrons. The molecule has 2 amide bonds. The second kappa shape index (κ2) is 6.60. The minimum absolute atomic E-state index is 0.224. The number of aromatic nitrogens is 2. The number of fused-ring (bicyclic) bond motifs is 1. The largest absolute Gasteiger partial charge is 0.450 e. The van der Waals surface area contributed by atoms with Crippen LogP contribution in [-0.4, -0.2) is 64.6 Å². The molecule has 1 fully saturated rings. The standard InChI is InChI=1S/C15H17FN4O3S/c1-2-23-15(22)20-5-3-19(4-6-20)13(21)10-7-9(16)8-11-12(10)18-14(24)17-11/h7-8H,2-6H2,1H3,(H2,17,18,24). The Kier molecular flexibility index (Phi) is 4.52. The number of halogens is 1. The van der Waals surface area contributed by atoms with E-state index in [-0.39, 0.29) is 17.6 Å². The molecule has 2 aromatic rings. The van der Waals surface area contributed by atoms with Crippen molar-refractivity contribution in [3.8, 4) is 0 Å². The molecule has 9 heteroatoms. The Hall–Kier alpha value is -2.42. The number of nitrogens with one attached hydrogen (secondary N) is 2. The number of imidazole rings is 1. The van der Waals surface area contributed by atoms with Gasteiger partial charge in [0.25, 0.3) is 5.91 Å². The number of H-pyrrole nitrogens is 2. The van der Waals surface area contributed by atoms with Crippen LogP contribution in [0.1, 0.15) is 17.3 Å². The SMILES string of the molecule is CCOC(=O)N1CCN(C(=O)c2cc(F)cc3[nH]c(=S)[nH]c23)CC1. The molecule has 0 aliphatic carbocycles. The van der Waals surface area contributed by atoms with Crippen molar-refractivity contribution in [1.82, 2.24) is 19.8 Å². The smallest absolute Gasteiger partial charge is 0.409 e. The lowest BCUT2D eigenvalue weighted by Gasteiger charge is -2.34. The highest BCUT2D eigenvalue weighted by Crippen LogP contribution is 2.20. The molecule has 2 N–H and O–H groups in total. The summed E-state index contributed by atoms with van der Waals surface area (Å²) in [6.45, 7) is 3.54.